The lowest BCUT2D eigenvalue weighted by molar-refractivity contribution is 0.0365. The Bertz CT molecular complexity index is 181. The van der Waals surface area contributed by atoms with Crippen molar-refractivity contribution in [2.75, 3.05) is 39.4 Å². The lowest BCUT2D eigenvalue weighted by atomic mass is 10.2. The SMILES string of the molecule is CC(C)N(CCCCN1CCOCC1)C(C)C. The number of nitrogens with zero attached hydrogens (tertiary/aromatic N) is 2. The highest BCUT2D eigenvalue weighted by Crippen LogP contribution is 2.08. The first-order valence-electron chi connectivity index (χ1n) is 7.17. The first-order valence-corrected chi connectivity index (χ1v) is 7.17. The summed E-state index contributed by atoms with van der Waals surface area (Å²) in [5, 5.41) is 0. The number of ether oxygens (including phenoxy) is 1. The Balaban J connectivity index is 2.09. The van der Waals surface area contributed by atoms with Crippen LogP contribution in [0, 0.1) is 0 Å². The molecule has 0 amide bonds. The van der Waals surface area contributed by atoms with Crippen molar-refractivity contribution in [3.05, 3.63) is 0 Å². The second-order valence-corrected chi connectivity index (χ2v) is 5.59. The van der Waals surface area contributed by atoms with Gasteiger partial charge in [-0.25, -0.2) is 0 Å². The molecule has 0 saturated carbocycles. The van der Waals surface area contributed by atoms with Gasteiger partial charge >= 0.3 is 0 Å². The van der Waals surface area contributed by atoms with E-state index in [4.69, 9.17) is 4.74 Å². The molecule has 102 valence electrons. The maximum atomic E-state index is 5.36. The van der Waals surface area contributed by atoms with Crippen molar-refractivity contribution in [2.45, 2.75) is 52.6 Å². The molecule has 3 heteroatoms. The maximum absolute atomic E-state index is 5.36. The van der Waals surface area contributed by atoms with E-state index in [0.29, 0.717) is 12.1 Å². The third kappa shape index (κ3) is 5.84. The molecule has 1 saturated heterocycles. The van der Waals surface area contributed by atoms with Crippen LogP contribution in [-0.4, -0.2) is 61.3 Å². The molecule has 0 aromatic carbocycles. The molecule has 0 aromatic rings. The number of hydrogen-bond acceptors (Lipinski definition) is 3. The maximum Gasteiger partial charge on any atom is 0.0594 e. The van der Waals surface area contributed by atoms with Crippen molar-refractivity contribution < 1.29 is 4.74 Å². The van der Waals surface area contributed by atoms with Crippen molar-refractivity contribution in [2.24, 2.45) is 0 Å². The van der Waals surface area contributed by atoms with Crippen molar-refractivity contribution in [1.82, 2.24) is 9.80 Å². The van der Waals surface area contributed by atoms with Crippen LogP contribution in [0.4, 0.5) is 0 Å². The fourth-order valence-electron chi connectivity index (χ4n) is 2.57. The van der Waals surface area contributed by atoms with E-state index in [9.17, 15) is 0 Å². The van der Waals surface area contributed by atoms with Crippen LogP contribution >= 0.6 is 0 Å². The summed E-state index contributed by atoms with van der Waals surface area (Å²) < 4.78 is 5.36. The Labute approximate surface area is 107 Å². The Morgan fingerprint density at radius 1 is 1.00 bits per heavy atom. The average Bonchev–Trinajstić information content (AvgIpc) is 2.29. The monoisotopic (exact) mass is 242 g/mol. The number of morpholine rings is 1. The summed E-state index contributed by atoms with van der Waals surface area (Å²) in [4.78, 5) is 5.11. The zero-order chi connectivity index (χ0) is 12.7. The smallest absolute Gasteiger partial charge is 0.0594 e. The van der Waals surface area contributed by atoms with Gasteiger partial charge in [-0.1, -0.05) is 0 Å². The Morgan fingerprint density at radius 2 is 1.59 bits per heavy atom. The van der Waals surface area contributed by atoms with Crippen LogP contribution in [0.15, 0.2) is 0 Å². The number of unbranched alkanes of at least 4 members (excludes halogenated alkanes) is 1. The molecule has 0 unspecified atom stereocenters. The highest BCUT2D eigenvalue weighted by molar-refractivity contribution is 4.68. The van der Waals surface area contributed by atoms with E-state index in [1.54, 1.807) is 0 Å². The van der Waals surface area contributed by atoms with E-state index >= 15 is 0 Å². The van der Waals surface area contributed by atoms with E-state index in [-0.39, 0.29) is 0 Å². The summed E-state index contributed by atoms with van der Waals surface area (Å²) in [6.07, 6.45) is 2.63. The molecular formula is C14H30N2O. The number of rotatable bonds is 7. The van der Waals surface area contributed by atoms with E-state index in [1.165, 1.54) is 25.9 Å². The lowest BCUT2D eigenvalue weighted by Gasteiger charge is -2.31. The van der Waals surface area contributed by atoms with Crippen LogP contribution in [0.5, 0.6) is 0 Å². The molecular weight excluding hydrogens is 212 g/mol. The molecule has 17 heavy (non-hydrogen) atoms. The van der Waals surface area contributed by atoms with E-state index in [2.05, 4.69) is 37.5 Å². The zero-order valence-electron chi connectivity index (χ0n) is 12.1. The van der Waals surface area contributed by atoms with Gasteiger partial charge in [-0.05, 0) is 53.6 Å². The minimum atomic E-state index is 0.665. The summed E-state index contributed by atoms with van der Waals surface area (Å²) in [7, 11) is 0. The molecule has 1 aliphatic rings. The minimum absolute atomic E-state index is 0.665. The van der Waals surface area contributed by atoms with Gasteiger partial charge < -0.3 is 4.74 Å². The standard InChI is InChI=1S/C14H30N2O/c1-13(2)16(14(3)4)8-6-5-7-15-9-11-17-12-10-15/h13-14H,5-12H2,1-4H3. The van der Waals surface area contributed by atoms with Crippen molar-refractivity contribution in [3.8, 4) is 0 Å². The van der Waals surface area contributed by atoms with Crippen LogP contribution in [0.1, 0.15) is 40.5 Å². The summed E-state index contributed by atoms with van der Waals surface area (Å²) in [6, 6.07) is 1.33. The van der Waals surface area contributed by atoms with Crippen LogP contribution in [0.25, 0.3) is 0 Å². The van der Waals surface area contributed by atoms with Crippen molar-refractivity contribution in [3.63, 3.8) is 0 Å². The van der Waals surface area contributed by atoms with Gasteiger partial charge in [-0.15, -0.1) is 0 Å². The van der Waals surface area contributed by atoms with Gasteiger partial charge in [0.2, 0.25) is 0 Å². The zero-order valence-corrected chi connectivity index (χ0v) is 12.1. The van der Waals surface area contributed by atoms with Crippen LogP contribution in [0.3, 0.4) is 0 Å². The first-order chi connectivity index (χ1) is 8.11. The van der Waals surface area contributed by atoms with Crippen LogP contribution in [0.2, 0.25) is 0 Å². The molecule has 0 atom stereocenters. The quantitative estimate of drug-likeness (QED) is 0.637. The third-order valence-electron chi connectivity index (χ3n) is 3.57. The third-order valence-corrected chi connectivity index (χ3v) is 3.57. The molecule has 0 aromatic heterocycles. The molecule has 0 radical (unpaired) electrons. The molecule has 3 nitrogen and oxygen atoms in total. The van der Waals surface area contributed by atoms with Gasteiger partial charge in [0, 0.05) is 25.2 Å². The predicted octanol–water partition coefficient (Wildman–Crippen LogP) is 2.22. The molecule has 0 spiro atoms. The average molecular weight is 242 g/mol. The van der Waals surface area contributed by atoms with Gasteiger partial charge in [0.05, 0.1) is 13.2 Å². The Hall–Kier alpha value is -0.120. The Morgan fingerprint density at radius 3 is 2.12 bits per heavy atom. The lowest BCUT2D eigenvalue weighted by Crippen LogP contribution is -2.39. The fraction of sp³-hybridized carbons (Fsp3) is 1.00. The topological polar surface area (TPSA) is 15.7 Å². The van der Waals surface area contributed by atoms with Crippen LogP contribution < -0.4 is 0 Å². The predicted molar refractivity (Wildman–Crippen MR) is 73.5 cm³/mol. The molecule has 1 heterocycles. The normalized spacial score (nSPS) is 18.5. The van der Waals surface area contributed by atoms with Crippen LogP contribution in [-0.2, 0) is 4.74 Å². The highest BCUT2D eigenvalue weighted by atomic mass is 16.5. The molecule has 0 aliphatic carbocycles. The van der Waals surface area contributed by atoms with Gasteiger partial charge in [-0.2, -0.15) is 0 Å². The van der Waals surface area contributed by atoms with E-state index in [1.807, 2.05) is 0 Å². The highest BCUT2D eigenvalue weighted by Gasteiger charge is 2.13. The summed E-state index contributed by atoms with van der Waals surface area (Å²) in [5.74, 6) is 0. The van der Waals surface area contributed by atoms with Crippen molar-refractivity contribution >= 4 is 0 Å². The van der Waals surface area contributed by atoms with Gasteiger partial charge in [-0.3, -0.25) is 9.80 Å². The second-order valence-electron chi connectivity index (χ2n) is 5.59. The van der Waals surface area contributed by atoms with E-state index in [0.717, 1.165) is 26.3 Å². The summed E-state index contributed by atoms with van der Waals surface area (Å²) >= 11 is 0. The van der Waals surface area contributed by atoms with Gasteiger partial charge in [0.25, 0.3) is 0 Å². The van der Waals surface area contributed by atoms with E-state index < -0.39 is 0 Å². The van der Waals surface area contributed by atoms with Crippen molar-refractivity contribution in [1.29, 1.82) is 0 Å². The van der Waals surface area contributed by atoms with Gasteiger partial charge in [0.1, 0.15) is 0 Å². The molecule has 0 bridgehead atoms. The molecule has 0 N–H and O–H groups in total. The second kappa shape index (κ2) is 8.06. The summed E-state index contributed by atoms with van der Waals surface area (Å²) in [5.41, 5.74) is 0. The largest absolute Gasteiger partial charge is 0.379 e. The fourth-order valence-corrected chi connectivity index (χ4v) is 2.57. The first kappa shape index (κ1) is 14.9. The molecule has 1 aliphatic heterocycles. The van der Waals surface area contributed by atoms with Gasteiger partial charge in [0.15, 0.2) is 0 Å². The minimum Gasteiger partial charge on any atom is -0.379 e. The number of hydrogen-bond donors (Lipinski definition) is 0. The Kier molecular flexibility index (Phi) is 7.09. The molecule has 1 fully saturated rings. The molecule has 1 rings (SSSR count). The summed E-state index contributed by atoms with van der Waals surface area (Å²) in [6.45, 7) is 15.7.